The van der Waals surface area contributed by atoms with Crippen molar-refractivity contribution in [3.8, 4) is 0 Å². The second-order valence-corrected chi connectivity index (χ2v) is 9.90. The predicted octanol–water partition coefficient (Wildman–Crippen LogP) is 9.99. The maximum absolute atomic E-state index is 10.8. The zero-order valence-corrected chi connectivity index (χ0v) is 23.1. The molecule has 0 aliphatic carbocycles. The highest BCUT2D eigenvalue weighted by Gasteiger charge is 1.95. The van der Waals surface area contributed by atoms with Crippen LogP contribution in [0.25, 0.3) is 48.6 Å². The molecular formula is C40H30O2. The lowest BCUT2D eigenvalue weighted by Gasteiger charge is -2.00. The highest BCUT2D eigenvalue weighted by Crippen LogP contribution is 2.16. The Kier molecular flexibility index (Phi) is 9.42. The topological polar surface area (TPSA) is 34.1 Å². The molecule has 0 aromatic heterocycles. The lowest BCUT2D eigenvalue weighted by molar-refractivity contribution is 0.111. The van der Waals surface area contributed by atoms with Gasteiger partial charge in [0.25, 0.3) is 0 Å². The Morgan fingerprint density at radius 2 is 0.333 bits per heavy atom. The highest BCUT2D eigenvalue weighted by molar-refractivity contribution is 5.78. The first-order valence-corrected chi connectivity index (χ1v) is 13.8. The molecule has 0 aliphatic heterocycles. The van der Waals surface area contributed by atoms with Crippen molar-refractivity contribution in [2.75, 3.05) is 0 Å². The van der Waals surface area contributed by atoms with Gasteiger partial charge in [-0.25, -0.2) is 0 Å². The molecule has 0 saturated carbocycles. The normalized spacial score (nSPS) is 11.6. The third-order valence-corrected chi connectivity index (χ3v) is 6.83. The molecular weight excluding hydrogens is 512 g/mol. The molecule has 0 heterocycles. The van der Waals surface area contributed by atoms with Gasteiger partial charge in [-0.05, 0) is 44.5 Å². The zero-order valence-electron chi connectivity index (χ0n) is 23.1. The van der Waals surface area contributed by atoms with Crippen LogP contribution in [0, 0.1) is 0 Å². The van der Waals surface area contributed by atoms with Gasteiger partial charge in [0.05, 0.1) is 0 Å². The molecule has 5 aromatic carbocycles. The quantitative estimate of drug-likeness (QED) is 0.130. The van der Waals surface area contributed by atoms with Crippen molar-refractivity contribution in [2.24, 2.45) is 0 Å². The van der Waals surface area contributed by atoms with E-state index in [4.69, 9.17) is 0 Å². The van der Waals surface area contributed by atoms with Gasteiger partial charge < -0.3 is 0 Å². The molecule has 0 atom stereocenters. The van der Waals surface area contributed by atoms with Gasteiger partial charge in [-0.2, -0.15) is 0 Å². The van der Waals surface area contributed by atoms with Crippen molar-refractivity contribution in [3.05, 3.63) is 177 Å². The summed E-state index contributed by atoms with van der Waals surface area (Å²) in [6, 6.07) is 40.4. The fourth-order valence-corrected chi connectivity index (χ4v) is 4.30. The van der Waals surface area contributed by atoms with E-state index >= 15 is 0 Å². The smallest absolute Gasteiger partial charge is 0.150 e. The monoisotopic (exact) mass is 542 g/mol. The summed E-state index contributed by atoms with van der Waals surface area (Å²) in [5.41, 5.74) is 10.3. The summed E-state index contributed by atoms with van der Waals surface area (Å²) in [7, 11) is 0. The van der Waals surface area contributed by atoms with Crippen molar-refractivity contribution in [1.29, 1.82) is 0 Å². The van der Waals surface area contributed by atoms with E-state index in [0.29, 0.717) is 11.1 Å². The van der Waals surface area contributed by atoms with Crippen molar-refractivity contribution >= 4 is 61.2 Å². The number of rotatable bonds is 10. The lowest BCUT2D eigenvalue weighted by atomic mass is 10.1. The molecule has 0 unspecified atom stereocenters. The number of hydrogen-bond acceptors (Lipinski definition) is 2. The van der Waals surface area contributed by atoms with Crippen LogP contribution >= 0.6 is 0 Å². The number of carbonyl (C=O) groups excluding carboxylic acids is 2. The van der Waals surface area contributed by atoms with Crippen molar-refractivity contribution in [1.82, 2.24) is 0 Å². The van der Waals surface area contributed by atoms with Crippen LogP contribution in [0.2, 0.25) is 0 Å². The van der Waals surface area contributed by atoms with Gasteiger partial charge in [0.2, 0.25) is 0 Å². The first-order chi connectivity index (χ1) is 20.7. The molecule has 0 aliphatic rings. The van der Waals surface area contributed by atoms with Gasteiger partial charge in [-0.1, -0.05) is 170 Å². The molecule has 42 heavy (non-hydrogen) atoms. The summed E-state index contributed by atoms with van der Waals surface area (Å²) < 4.78 is 0. The molecule has 0 fully saturated rings. The fourth-order valence-electron chi connectivity index (χ4n) is 4.30. The van der Waals surface area contributed by atoms with Crippen LogP contribution in [0.3, 0.4) is 0 Å². The van der Waals surface area contributed by atoms with E-state index in [0.717, 1.165) is 57.1 Å². The fraction of sp³-hybridized carbons (Fsp3) is 0. The highest BCUT2D eigenvalue weighted by atomic mass is 16.1. The van der Waals surface area contributed by atoms with E-state index in [-0.39, 0.29) is 0 Å². The van der Waals surface area contributed by atoms with E-state index in [9.17, 15) is 9.59 Å². The van der Waals surface area contributed by atoms with Gasteiger partial charge in [-0.3, -0.25) is 9.59 Å². The zero-order chi connectivity index (χ0) is 29.0. The Balaban J connectivity index is 1.13. The first kappa shape index (κ1) is 27.9. The maximum Gasteiger partial charge on any atom is 0.150 e. The van der Waals surface area contributed by atoms with Gasteiger partial charge in [-0.15, -0.1) is 0 Å². The van der Waals surface area contributed by atoms with Crippen LogP contribution in [0.4, 0.5) is 0 Å². The van der Waals surface area contributed by atoms with E-state index < -0.39 is 0 Å². The van der Waals surface area contributed by atoms with E-state index in [1.54, 1.807) is 0 Å². The molecule has 0 amide bonds. The van der Waals surface area contributed by atoms with E-state index in [1.165, 1.54) is 0 Å². The molecule has 2 nitrogen and oxygen atoms in total. The standard InChI is InChI=1S/C40H30O2/c41-29-39-25-21-37(22-26-39)19-17-35-13-9-33(10-14-35)7-5-31-1-2-32(4-3-31)6-8-34-11-15-36(16-12-34)18-20-38-23-27-40(30-42)28-24-38/h1-30H/b7-5-,8-6-,19-17+,20-18+. The molecule has 0 radical (unpaired) electrons. The van der Waals surface area contributed by atoms with Crippen LogP contribution in [0.5, 0.6) is 0 Å². The number of carbonyl (C=O) groups is 2. The maximum atomic E-state index is 10.8. The molecule has 5 rings (SSSR count). The number of hydrogen-bond donors (Lipinski definition) is 0. The SMILES string of the molecule is O=Cc1ccc(/C=C/c2ccc(/C=C\c3ccc(/C=C\c4ccc(/C=C/c5ccc(C=O)cc5)cc4)cc3)cc2)cc1. The Bertz CT molecular complexity index is 1600. The minimum Gasteiger partial charge on any atom is -0.298 e. The summed E-state index contributed by atoms with van der Waals surface area (Å²) in [5.74, 6) is 0. The molecule has 202 valence electrons. The summed E-state index contributed by atoms with van der Waals surface area (Å²) in [6.45, 7) is 0. The van der Waals surface area contributed by atoms with Crippen molar-refractivity contribution < 1.29 is 9.59 Å². The number of aldehydes is 2. The van der Waals surface area contributed by atoms with Gasteiger partial charge in [0.1, 0.15) is 12.6 Å². The van der Waals surface area contributed by atoms with Gasteiger partial charge in [0.15, 0.2) is 0 Å². The molecule has 0 saturated heterocycles. The number of benzene rings is 5. The minimum atomic E-state index is 0.683. The van der Waals surface area contributed by atoms with Crippen LogP contribution in [-0.4, -0.2) is 12.6 Å². The first-order valence-electron chi connectivity index (χ1n) is 13.8. The van der Waals surface area contributed by atoms with Crippen LogP contribution in [0.1, 0.15) is 65.2 Å². The van der Waals surface area contributed by atoms with Crippen LogP contribution < -0.4 is 0 Å². The Labute approximate surface area is 247 Å². The summed E-state index contributed by atoms with van der Waals surface area (Å²) in [6.07, 6.45) is 18.4. The summed E-state index contributed by atoms with van der Waals surface area (Å²) in [4.78, 5) is 21.6. The third-order valence-electron chi connectivity index (χ3n) is 6.83. The average molecular weight is 543 g/mol. The third kappa shape index (κ3) is 8.20. The summed E-state index contributed by atoms with van der Waals surface area (Å²) in [5, 5.41) is 0. The van der Waals surface area contributed by atoms with Crippen LogP contribution in [0.15, 0.2) is 121 Å². The Morgan fingerprint density at radius 3 is 0.452 bits per heavy atom. The Morgan fingerprint density at radius 1 is 0.214 bits per heavy atom. The molecule has 0 bridgehead atoms. The Hall–Kier alpha value is -5.60. The average Bonchev–Trinajstić information content (AvgIpc) is 3.06. The van der Waals surface area contributed by atoms with Gasteiger partial charge >= 0.3 is 0 Å². The molecule has 0 N–H and O–H groups in total. The molecule has 2 heteroatoms. The largest absolute Gasteiger partial charge is 0.298 e. The van der Waals surface area contributed by atoms with Gasteiger partial charge in [0, 0.05) is 11.1 Å². The van der Waals surface area contributed by atoms with Crippen LogP contribution in [-0.2, 0) is 0 Å². The molecule has 5 aromatic rings. The predicted molar refractivity (Wildman–Crippen MR) is 179 cm³/mol. The van der Waals surface area contributed by atoms with E-state index in [2.05, 4.69) is 109 Å². The molecule has 0 spiro atoms. The minimum absolute atomic E-state index is 0.683. The second-order valence-electron chi connectivity index (χ2n) is 9.90. The van der Waals surface area contributed by atoms with Crippen molar-refractivity contribution in [3.63, 3.8) is 0 Å². The van der Waals surface area contributed by atoms with E-state index in [1.807, 2.05) is 60.7 Å². The van der Waals surface area contributed by atoms with Crippen molar-refractivity contribution in [2.45, 2.75) is 0 Å². The lowest BCUT2D eigenvalue weighted by Crippen LogP contribution is -1.79. The second kappa shape index (κ2) is 14.2. The summed E-state index contributed by atoms with van der Waals surface area (Å²) >= 11 is 0.